The molecule has 0 radical (unpaired) electrons. The van der Waals surface area contributed by atoms with Crippen LogP contribution < -0.4 is 14.8 Å². The van der Waals surface area contributed by atoms with Crippen LogP contribution in [0.15, 0.2) is 30.6 Å². The minimum atomic E-state index is -0.215. The van der Waals surface area contributed by atoms with Crippen LogP contribution in [0.2, 0.25) is 0 Å². The molecule has 2 aromatic rings. The maximum atomic E-state index is 12.0. The van der Waals surface area contributed by atoms with E-state index in [9.17, 15) is 4.79 Å². The number of amides is 1. The first kappa shape index (κ1) is 14.3. The van der Waals surface area contributed by atoms with Gasteiger partial charge in [-0.25, -0.2) is 9.97 Å². The van der Waals surface area contributed by atoms with E-state index in [0.29, 0.717) is 12.1 Å². The Bertz CT molecular complexity index is 686. The third kappa shape index (κ3) is 3.00. The molecule has 0 aliphatic carbocycles. The molecule has 1 N–H and O–H groups in total. The van der Waals surface area contributed by atoms with E-state index in [2.05, 4.69) is 21.4 Å². The molecule has 0 spiro atoms. The van der Waals surface area contributed by atoms with Crippen molar-refractivity contribution in [3.05, 3.63) is 47.3 Å². The van der Waals surface area contributed by atoms with Crippen molar-refractivity contribution in [2.45, 2.75) is 26.0 Å². The molecule has 0 saturated carbocycles. The van der Waals surface area contributed by atoms with E-state index in [-0.39, 0.29) is 18.0 Å². The number of nitrogens with zero attached hydrogens (tertiary/aromatic N) is 2. The molecule has 6 nitrogen and oxygen atoms in total. The van der Waals surface area contributed by atoms with Gasteiger partial charge >= 0.3 is 6.01 Å². The maximum absolute atomic E-state index is 12.0. The van der Waals surface area contributed by atoms with E-state index < -0.39 is 0 Å². The smallest absolute Gasteiger partial charge is 0.316 e. The Labute approximate surface area is 128 Å². The summed E-state index contributed by atoms with van der Waals surface area (Å²) in [5.74, 6) is 0.721. The van der Waals surface area contributed by atoms with Crippen molar-refractivity contribution in [2.75, 3.05) is 7.11 Å². The SMILES string of the molecule is COc1ncc(C(=O)NCc2ccc3c(c2)C[C@H](C)O3)cn1. The number of aromatic nitrogens is 2. The minimum Gasteiger partial charge on any atom is -0.490 e. The number of carbonyl (C=O) groups excluding carboxylic acids is 1. The van der Waals surface area contributed by atoms with Gasteiger partial charge in [-0.2, -0.15) is 0 Å². The van der Waals surface area contributed by atoms with Crippen molar-refractivity contribution in [2.24, 2.45) is 0 Å². The van der Waals surface area contributed by atoms with E-state index in [1.165, 1.54) is 25.1 Å². The van der Waals surface area contributed by atoms with Crippen LogP contribution in [0, 0.1) is 0 Å². The van der Waals surface area contributed by atoms with Crippen molar-refractivity contribution in [1.29, 1.82) is 0 Å². The largest absolute Gasteiger partial charge is 0.490 e. The van der Waals surface area contributed by atoms with E-state index in [0.717, 1.165) is 17.7 Å². The number of rotatable bonds is 4. The van der Waals surface area contributed by atoms with Crippen LogP contribution in [-0.2, 0) is 13.0 Å². The number of fused-ring (bicyclic) bond motifs is 1. The van der Waals surface area contributed by atoms with Gasteiger partial charge in [-0.05, 0) is 24.1 Å². The highest BCUT2D eigenvalue weighted by atomic mass is 16.5. The fourth-order valence-corrected chi connectivity index (χ4v) is 2.41. The quantitative estimate of drug-likeness (QED) is 0.931. The third-order valence-electron chi connectivity index (χ3n) is 3.49. The number of methoxy groups -OCH3 is 1. The van der Waals surface area contributed by atoms with E-state index in [1.54, 1.807) is 0 Å². The van der Waals surface area contributed by atoms with Gasteiger partial charge in [0.15, 0.2) is 0 Å². The van der Waals surface area contributed by atoms with Crippen LogP contribution in [0.5, 0.6) is 11.8 Å². The van der Waals surface area contributed by atoms with E-state index in [4.69, 9.17) is 9.47 Å². The Morgan fingerprint density at radius 2 is 2.18 bits per heavy atom. The van der Waals surface area contributed by atoms with Crippen molar-refractivity contribution in [3.8, 4) is 11.8 Å². The second-order valence-corrected chi connectivity index (χ2v) is 5.22. The van der Waals surface area contributed by atoms with Gasteiger partial charge in [-0.15, -0.1) is 0 Å². The molecule has 6 heteroatoms. The Morgan fingerprint density at radius 3 is 2.91 bits per heavy atom. The summed E-state index contributed by atoms with van der Waals surface area (Å²) in [5.41, 5.74) is 2.63. The molecule has 1 aromatic heterocycles. The lowest BCUT2D eigenvalue weighted by molar-refractivity contribution is 0.0950. The summed E-state index contributed by atoms with van der Waals surface area (Å²) in [6, 6.07) is 6.23. The topological polar surface area (TPSA) is 73.3 Å². The van der Waals surface area contributed by atoms with Gasteiger partial charge in [0.25, 0.3) is 5.91 Å². The summed E-state index contributed by atoms with van der Waals surface area (Å²) in [4.78, 5) is 19.9. The van der Waals surface area contributed by atoms with Crippen LogP contribution in [0.1, 0.15) is 28.4 Å². The number of benzene rings is 1. The van der Waals surface area contributed by atoms with Crippen LogP contribution >= 0.6 is 0 Å². The van der Waals surface area contributed by atoms with Gasteiger partial charge in [0.1, 0.15) is 11.9 Å². The van der Waals surface area contributed by atoms with Gasteiger partial charge in [0.05, 0.1) is 12.7 Å². The molecule has 1 aliphatic rings. The molecular weight excluding hydrogens is 282 g/mol. The fraction of sp³-hybridized carbons (Fsp3) is 0.312. The first-order valence-electron chi connectivity index (χ1n) is 7.08. The monoisotopic (exact) mass is 299 g/mol. The zero-order chi connectivity index (χ0) is 15.5. The summed E-state index contributed by atoms with van der Waals surface area (Å²) in [6.45, 7) is 2.50. The zero-order valence-electron chi connectivity index (χ0n) is 12.5. The van der Waals surface area contributed by atoms with Gasteiger partial charge in [-0.3, -0.25) is 4.79 Å². The molecule has 0 bridgehead atoms. The Morgan fingerprint density at radius 1 is 1.41 bits per heavy atom. The number of hydrogen-bond donors (Lipinski definition) is 1. The highest BCUT2D eigenvalue weighted by Crippen LogP contribution is 2.29. The molecule has 114 valence electrons. The lowest BCUT2D eigenvalue weighted by Crippen LogP contribution is -2.23. The van der Waals surface area contributed by atoms with E-state index in [1.807, 2.05) is 19.1 Å². The first-order valence-corrected chi connectivity index (χ1v) is 7.08. The molecule has 2 heterocycles. The predicted molar refractivity (Wildman–Crippen MR) is 80.0 cm³/mol. The predicted octanol–water partition coefficient (Wildman–Crippen LogP) is 1.74. The number of hydrogen-bond acceptors (Lipinski definition) is 5. The summed E-state index contributed by atoms with van der Waals surface area (Å²) in [6.07, 6.45) is 4.01. The van der Waals surface area contributed by atoms with Crippen molar-refractivity contribution >= 4 is 5.91 Å². The van der Waals surface area contributed by atoms with Crippen LogP contribution in [0.3, 0.4) is 0 Å². The molecule has 0 unspecified atom stereocenters. The molecule has 0 fully saturated rings. The standard InChI is InChI=1S/C16H17N3O3/c1-10-5-12-6-11(3-4-14(12)22-10)7-17-15(20)13-8-18-16(21-2)19-9-13/h3-4,6,8-10H,5,7H2,1-2H3,(H,17,20)/t10-/m0/s1. The minimum absolute atomic E-state index is 0.215. The van der Waals surface area contributed by atoms with Crippen LogP contribution in [0.4, 0.5) is 0 Å². The van der Waals surface area contributed by atoms with Gasteiger partial charge < -0.3 is 14.8 Å². The lowest BCUT2D eigenvalue weighted by Gasteiger charge is -2.07. The highest BCUT2D eigenvalue weighted by molar-refractivity contribution is 5.93. The van der Waals surface area contributed by atoms with Crippen LogP contribution in [0.25, 0.3) is 0 Å². The maximum Gasteiger partial charge on any atom is 0.316 e. The number of nitrogens with one attached hydrogen (secondary N) is 1. The summed E-state index contributed by atoms with van der Waals surface area (Å²) in [5, 5.41) is 2.85. The Kier molecular flexibility index (Phi) is 3.91. The zero-order valence-corrected chi connectivity index (χ0v) is 12.5. The van der Waals surface area contributed by atoms with Crippen LogP contribution in [-0.4, -0.2) is 29.1 Å². The third-order valence-corrected chi connectivity index (χ3v) is 3.49. The van der Waals surface area contributed by atoms with Gasteiger partial charge in [0.2, 0.25) is 0 Å². The molecule has 1 aliphatic heterocycles. The average Bonchev–Trinajstić information content (AvgIpc) is 2.92. The second-order valence-electron chi connectivity index (χ2n) is 5.22. The van der Waals surface area contributed by atoms with Gasteiger partial charge in [0, 0.05) is 25.4 Å². The second kappa shape index (κ2) is 6.01. The van der Waals surface area contributed by atoms with Crippen molar-refractivity contribution in [3.63, 3.8) is 0 Å². The highest BCUT2D eigenvalue weighted by Gasteiger charge is 2.18. The molecule has 1 atom stereocenters. The molecule has 1 aromatic carbocycles. The molecular formula is C16H17N3O3. The Balaban J connectivity index is 1.62. The fourth-order valence-electron chi connectivity index (χ4n) is 2.41. The molecule has 22 heavy (non-hydrogen) atoms. The van der Waals surface area contributed by atoms with Crippen molar-refractivity contribution < 1.29 is 14.3 Å². The summed E-state index contributed by atoms with van der Waals surface area (Å²) in [7, 11) is 1.48. The molecule has 3 rings (SSSR count). The number of ether oxygens (including phenoxy) is 2. The summed E-state index contributed by atoms with van der Waals surface area (Å²) < 4.78 is 10.5. The van der Waals surface area contributed by atoms with E-state index >= 15 is 0 Å². The normalized spacial score (nSPS) is 15.8. The average molecular weight is 299 g/mol. The summed E-state index contributed by atoms with van der Waals surface area (Å²) >= 11 is 0. The molecule has 1 amide bonds. The van der Waals surface area contributed by atoms with Crippen molar-refractivity contribution in [1.82, 2.24) is 15.3 Å². The lowest BCUT2D eigenvalue weighted by atomic mass is 10.1. The number of carbonyl (C=O) groups is 1. The Hall–Kier alpha value is -2.63. The molecule has 0 saturated heterocycles. The first-order chi connectivity index (χ1) is 10.7. The van der Waals surface area contributed by atoms with Gasteiger partial charge in [-0.1, -0.05) is 12.1 Å².